The van der Waals surface area contributed by atoms with E-state index in [2.05, 4.69) is 11.9 Å². The minimum absolute atomic E-state index is 0.0598. The number of rotatable bonds is 5. The Kier molecular flexibility index (Phi) is 5.51. The summed E-state index contributed by atoms with van der Waals surface area (Å²) in [5, 5.41) is 2.83. The minimum Gasteiger partial charge on any atom is -0.456 e. The van der Waals surface area contributed by atoms with E-state index in [0.717, 1.165) is 58.4 Å². The number of nitrogens with one attached hydrogen (secondary N) is 1. The third-order valence-electron chi connectivity index (χ3n) is 5.79. The lowest BCUT2D eigenvalue weighted by Gasteiger charge is -2.18. The van der Waals surface area contributed by atoms with Gasteiger partial charge in [-0.1, -0.05) is 24.8 Å². The molecule has 0 fully saturated rings. The Morgan fingerprint density at radius 3 is 2.52 bits per heavy atom. The Morgan fingerprint density at radius 2 is 1.81 bits per heavy atom. The molecule has 4 rings (SSSR count). The van der Waals surface area contributed by atoms with Crippen LogP contribution in [-0.2, 0) is 24.7 Å². The van der Waals surface area contributed by atoms with E-state index in [-0.39, 0.29) is 11.5 Å². The normalized spacial score (nSPS) is 12.4. The number of anilines is 1. The largest absolute Gasteiger partial charge is 0.456 e. The number of ether oxygens (including phenoxy) is 1. The van der Waals surface area contributed by atoms with Crippen molar-refractivity contribution in [3.63, 3.8) is 0 Å². The summed E-state index contributed by atoms with van der Waals surface area (Å²) < 4.78 is 8.06. The van der Waals surface area contributed by atoms with E-state index in [1.165, 1.54) is 6.08 Å². The first-order chi connectivity index (χ1) is 14.9. The molecule has 5 nitrogen and oxygen atoms in total. The molecule has 0 spiro atoms. The van der Waals surface area contributed by atoms with E-state index >= 15 is 0 Å². The number of fused-ring (bicyclic) bond motifs is 1. The molecule has 5 heteroatoms. The van der Waals surface area contributed by atoms with Crippen LogP contribution in [0.25, 0.3) is 11.1 Å². The molecule has 0 bridgehead atoms. The molecule has 0 radical (unpaired) electrons. The zero-order valence-corrected chi connectivity index (χ0v) is 18.1. The lowest BCUT2D eigenvalue weighted by molar-refractivity contribution is -0.111. The topological polar surface area (TPSA) is 60.3 Å². The van der Waals surface area contributed by atoms with Gasteiger partial charge in [-0.3, -0.25) is 9.59 Å². The van der Waals surface area contributed by atoms with Crippen LogP contribution in [0.1, 0.15) is 28.7 Å². The van der Waals surface area contributed by atoms with Gasteiger partial charge in [0.1, 0.15) is 11.5 Å². The number of carbonyl (C=O) groups is 1. The quantitative estimate of drug-likeness (QED) is 0.593. The molecule has 0 saturated carbocycles. The molecule has 1 N–H and O–H groups in total. The fourth-order valence-electron chi connectivity index (χ4n) is 4.22. The van der Waals surface area contributed by atoms with Gasteiger partial charge in [0.15, 0.2) is 0 Å². The number of benzene rings is 2. The van der Waals surface area contributed by atoms with Crippen molar-refractivity contribution in [1.82, 2.24) is 4.57 Å². The van der Waals surface area contributed by atoms with Crippen molar-refractivity contribution in [3.05, 3.63) is 87.9 Å². The van der Waals surface area contributed by atoms with Gasteiger partial charge >= 0.3 is 0 Å². The van der Waals surface area contributed by atoms with Crippen molar-refractivity contribution < 1.29 is 9.53 Å². The van der Waals surface area contributed by atoms with Crippen molar-refractivity contribution in [2.75, 3.05) is 5.32 Å². The number of para-hydroxylation sites is 1. The summed E-state index contributed by atoms with van der Waals surface area (Å²) in [6.45, 7) is 7.56. The van der Waals surface area contributed by atoms with E-state index in [0.29, 0.717) is 11.4 Å². The van der Waals surface area contributed by atoms with Crippen LogP contribution in [0.3, 0.4) is 0 Å². The van der Waals surface area contributed by atoms with Crippen LogP contribution in [0.5, 0.6) is 11.5 Å². The Balaban J connectivity index is 1.91. The summed E-state index contributed by atoms with van der Waals surface area (Å²) >= 11 is 0. The summed E-state index contributed by atoms with van der Waals surface area (Å²) in [6.07, 6.45) is 5.72. The van der Waals surface area contributed by atoms with Crippen molar-refractivity contribution in [1.29, 1.82) is 0 Å². The number of amides is 1. The molecule has 31 heavy (non-hydrogen) atoms. The molecule has 0 aliphatic heterocycles. The molecule has 1 aromatic heterocycles. The molecule has 158 valence electrons. The van der Waals surface area contributed by atoms with E-state index in [1.54, 1.807) is 11.6 Å². The third-order valence-corrected chi connectivity index (χ3v) is 5.79. The number of hydrogen-bond donors (Lipinski definition) is 1. The maximum atomic E-state index is 12.6. The van der Waals surface area contributed by atoms with Gasteiger partial charge in [0.2, 0.25) is 5.91 Å². The Labute approximate surface area is 182 Å². The van der Waals surface area contributed by atoms with E-state index in [1.807, 2.05) is 56.4 Å². The van der Waals surface area contributed by atoms with Crippen LogP contribution in [0.4, 0.5) is 5.69 Å². The molecular weight excluding hydrogens is 388 g/mol. The number of hydrogen-bond acceptors (Lipinski definition) is 3. The molecule has 3 aromatic rings. The number of aromatic nitrogens is 1. The van der Waals surface area contributed by atoms with Crippen LogP contribution < -0.4 is 15.6 Å². The SMILES string of the molecule is C=CC(=O)Nc1ccc(Oc2c(C)cccc2C)c(-c2cn(C)c(=O)c3c2CCC3)c1. The minimum atomic E-state index is -0.278. The van der Waals surface area contributed by atoms with Crippen molar-refractivity contribution >= 4 is 11.6 Å². The summed E-state index contributed by atoms with van der Waals surface area (Å²) in [5.74, 6) is 1.22. The van der Waals surface area contributed by atoms with Gasteiger partial charge in [0.25, 0.3) is 5.56 Å². The van der Waals surface area contributed by atoms with E-state index in [4.69, 9.17) is 4.74 Å². The standard InChI is InChI=1S/C26H26N2O3/c1-5-24(29)27-18-12-13-23(31-25-16(2)8-6-9-17(25)3)21(14-18)22-15-28(4)26(30)20-11-7-10-19(20)22/h5-6,8-9,12-15H,1,7,10-11H2,2-4H3,(H,27,29). The highest BCUT2D eigenvalue weighted by atomic mass is 16.5. The molecule has 2 aromatic carbocycles. The first-order valence-corrected chi connectivity index (χ1v) is 10.4. The van der Waals surface area contributed by atoms with Crippen LogP contribution in [-0.4, -0.2) is 10.5 Å². The number of nitrogens with zero attached hydrogens (tertiary/aromatic N) is 1. The van der Waals surface area contributed by atoms with Crippen LogP contribution >= 0.6 is 0 Å². The summed E-state index contributed by atoms with van der Waals surface area (Å²) in [5.41, 5.74) is 6.55. The predicted molar refractivity (Wildman–Crippen MR) is 124 cm³/mol. The second kappa shape index (κ2) is 8.26. The number of pyridine rings is 1. The van der Waals surface area contributed by atoms with Gasteiger partial charge in [-0.2, -0.15) is 0 Å². The van der Waals surface area contributed by atoms with Crippen LogP contribution in [0, 0.1) is 13.8 Å². The highest BCUT2D eigenvalue weighted by molar-refractivity contribution is 5.99. The highest BCUT2D eigenvalue weighted by Gasteiger charge is 2.23. The first kappa shape index (κ1) is 20.7. The molecule has 0 atom stereocenters. The first-order valence-electron chi connectivity index (χ1n) is 10.4. The lowest BCUT2D eigenvalue weighted by Crippen LogP contribution is -2.21. The Bertz CT molecular complexity index is 1230. The van der Waals surface area contributed by atoms with Gasteiger partial charge in [0, 0.05) is 35.6 Å². The fourth-order valence-corrected chi connectivity index (χ4v) is 4.22. The molecule has 1 heterocycles. The summed E-state index contributed by atoms with van der Waals surface area (Å²) in [4.78, 5) is 24.5. The van der Waals surface area contributed by atoms with Crippen molar-refractivity contribution in [2.45, 2.75) is 33.1 Å². The summed E-state index contributed by atoms with van der Waals surface area (Å²) in [6, 6.07) is 11.6. The smallest absolute Gasteiger partial charge is 0.253 e. The molecule has 1 aliphatic carbocycles. The zero-order chi connectivity index (χ0) is 22.1. The second-order valence-electron chi connectivity index (χ2n) is 8.00. The average Bonchev–Trinajstić information content (AvgIpc) is 3.24. The third kappa shape index (κ3) is 3.91. The van der Waals surface area contributed by atoms with Crippen molar-refractivity contribution in [2.24, 2.45) is 7.05 Å². The molecule has 1 amide bonds. The lowest BCUT2D eigenvalue weighted by atomic mass is 9.97. The maximum absolute atomic E-state index is 12.6. The zero-order valence-electron chi connectivity index (χ0n) is 18.1. The highest BCUT2D eigenvalue weighted by Crippen LogP contribution is 2.40. The number of carbonyl (C=O) groups excluding carboxylic acids is 1. The van der Waals surface area contributed by atoms with E-state index in [9.17, 15) is 9.59 Å². The van der Waals surface area contributed by atoms with Crippen LogP contribution in [0.2, 0.25) is 0 Å². The molecular formula is C26H26N2O3. The maximum Gasteiger partial charge on any atom is 0.253 e. The predicted octanol–water partition coefficient (Wildman–Crippen LogP) is 5.07. The number of aryl methyl sites for hydroxylation is 3. The molecule has 1 aliphatic rings. The summed E-state index contributed by atoms with van der Waals surface area (Å²) in [7, 11) is 1.78. The van der Waals surface area contributed by atoms with Crippen LogP contribution in [0.15, 0.2) is 60.0 Å². The Hall–Kier alpha value is -3.60. The fraction of sp³-hybridized carbons (Fsp3) is 0.231. The average molecular weight is 415 g/mol. The van der Waals surface area contributed by atoms with Gasteiger partial charge in [-0.25, -0.2) is 0 Å². The van der Waals surface area contributed by atoms with Gasteiger partial charge in [0.05, 0.1) is 0 Å². The van der Waals surface area contributed by atoms with Gasteiger partial charge < -0.3 is 14.6 Å². The van der Waals surface area contributed by atoms with E-state index < -0.39 is 0 Å². The Morgan fingerprint density at radius 1 is 1.10 bits per heavy atom. The monoisotopic (exact) mass is 414 g/mol. The molecule has 0 saturated heterocycles. The van der Waals surface area contributed by atoms with Gasteiger partial charge in [-0.15, -0.1) is 0 Å². The second-order valence-corrected chi connectivity index (χ2v) is 8.00. The van der Waals surface area contributed by atoms with Gasteiger partial charge in [-0.05, 0) is 74.1 Å². The van der Waals surface area contributed by atoms with Crippen molar-refractivity contribution in [3.8, 4) is 22.6 Å². The molecule has 0 unspecified atom stereocenters.